The van der Waals surface area contributed by atoms with E-state index in [1.165, 1.54) is 7.11 Å². The van der Waals surface area contributed by atoms with Crippen molar-refractivity contribution in [2.24, 2.45) is 0 Å². The first-order valence-corrected chi connectivity index (χ1v) is 11.1. The first kappa shape index (κ1) is 23.4. The van der Waals surface area contributed by atoms with Gasteiger partial charge < -0.3 is 34.3 Å². The maximum absolute atomic E-state index is 10.7. The van der Waals surface area contributed by atoms with Gasteiger partial charge in [0.15, 0.2) is 0 Å². The second kappa shape index (κ2) is 10.5. The molecule has 2 heterocycles. The van der Waals surface area contributed by atoms with Crippen molar-refractivity contribution in [3.63, 3.8) is 0 Å². The number of benzene rings is 2. The zero-order valence-corrected chi connectivity index (χ0v) is 18.6. The monoisotopic (exact) mass is 464 g/mol. The third-order valence-corrected chi connectivity index (χ3v) is 6.41. The molecule has 4 rings (SSSR count). The van der Waals surface area contributed by atoms with Gasteiger partial charge in [0.1, 0.15) is 42.4 Å². The second-order valence-electron chi connectivity index (χ2n) is 8.23. The molecule has 0 aliphatic carbocycles. The van der Waals surface area contributed by atoms with Crippen LogP contribution in [0.5, 0.6) is 5.75 Å². The van der Waals surface area contributed by atoms with Gasteiger partial charge in [0, 0.05) is 18.6 Å². The van der Waals surface area contributed by atoms with Crippen LogP contribution in [0.25, 0.3) is 0 Å². The van der Waals surface area contributed by atoms with Gasteiger partial charge in [-0.25, -0.2) is 0 Å². The molecule has 0 amide bonds. The highest BCUT2D eigenvalue weighted by Crippen LogP contribution is 2.35. The largest absolute Gasteiger partial charge is 0.488 e. The predicted molar refractivity (Wildman–Crippen MR) is 118 cm³/mol. The van der Waals surface area contributed by atoms with Crippen LogP contribution < -0.4 is 4.74 Å². The van der Waals surface area contributed by atoms with Crippen LogP contribution in [0.4, 0.5) is 0 Å². The van der Waals surface area contributed by atoms with Crippen molar-refractivity contribution in [3.8, 4) is 5.75 Å². The lowest BCUT2D eigenvalue weighted by Gasteiger charge is -2.42. The molecule has 2 fully saturated rings. The topological polar surface area (TPSA) is 97.6 Å². The van der Waals surface area contributed by atoms with Crippen LogP contribution in [0.3, 0.4) is 0 Å². The molecule has 174 valence electrons. The van der Waals surface area contributed by atoms with E-state index in [2.05, 4.69) is 0 Å². The van der Waals surface area contributed by atoms with Crippen molar-refractivity contribution in [2.45, 2.75) is 49.5 Å². The van der Waals surface area contributed by atoms with E-state index in [1.807, 2.05) is 30.3 Å². The highest BCUT2D eigenvalue weighted by Gasteiger charge is 2.45. The Morgan fingerprint density at radius 2 is 1.88 bits per heavy atom. The highest BCUT2D eigenvalue weighted by atomic mass is 35.5. The van der Waals surface area contributed by atoms with Crippen LogP contribution in [0.1, 0.15) is 29.2 Å². The van der Waals surface area contributed by atoms with Gasteiger partial charge in [-0.1, -0.05) is 35.9 Å². The molecule has 0 bridgehead atoms. The lowest BCUT2D eigenvalue weighted by atomic mass is 9.90. The average Bonchev–Trinajstić information content (AvgIpc) is 3.30. The molecule has 8 heteroatoms. The van der Waals surface area contributed by atoms with Crippen molar-refractivity contribution in [1.29, 1.82) is 0 Å². The van der Waals surface area contributed by atoms with Crippen molar-refractivity contribution >= 4 is 11.6 Å². The molecule has 0 aromatic heterocycles. The van der Waals surface area contributed by atoms with Crippen molar-refractivity contribution in [3.05, 3.63) is 64.2 Å². The number of aliphatic hydroxyl groups excluding tert-OH is 3. The molecule has 0 radical (unpaired) electrons. The molecule has 7 nitrogen and oxygen atoms in total. The number of methoxy groups -OCH3 is 1. The summed E-state index contributed by atoms with van der Waals surface area (Å²) in [6.45, 7) is 0.976. The Bertz CT molecular complexity index is 884. The van der Waals surface area contributed by atoms with Gasteiger partial charge in [-0.3, -0.25) is 0 Å². The average molecular weight is 465 g/mol. The van der Waals surface area contributed by atoms with Crippen LogP contribution in [0, 0.1) is 0 Å². The minimum Gasteiger partial charge on any atom is -0.488 e. The van der Waals surface area contributed by atoms with Crippen LogP contribution in [-0.2, 0) is 20.6 Å². The SMILES string of the molecule is CO[C@@H]1[C@@H](O)[C@H](c2ccc(Cl)c(Cc3ccc(O[C@H]4CCOC4)cc3)c2)O[C@H](CO)[C@H]1O. The normalized spacial score (nSPS) is 30.4. The second-order valence-corrected chi connectivity index (χ2v) is 8.64. The third-order valence-electron chi connectivity index (χ3n) is 6.04. The fourth-order valence-electron chi connectivity index (χ4n) is 4.25. The quantitative estimate of drug-likeness (QED) is 0.578. The van der Waals surface area contributed by atoms with Crippen LogP contribution in [0.2, 0.25) is 5.02 Å². The Labute approximate surface area is 192 Å². The first-order chi connectivity index (χ1) is 15.5. The van der Waals surface area contributed by atoms with Crippen molar-refractivity contribution in [2.75, 3.05) is 26.9 Å². The van der Waals surface area contributed by atoms with E-state index in [0.29, 0.717) is 23.6 Å². The number of halogens is 1. The number of hydrogen-bond donors (Lipinski definition) is 3. The van der Waals surface area contributed by atoms with Crippen LogP contribution in [0.15, 0.2) is 42.5 Å². The minimum absolute atomic E-state index is 0.103. The van der Waals surface area contributed by atoms with E-state index >= 15 is 0 Å². The lowest BCUT2D eigenvalue weighted by molar-refractivity contribution is -0.238. The van der Waals surface area contributed by atoms with Gasteiger partial charge in [0.2, 0.25) is 0 Å². The lowest BCUT2D eigenvalue weighted by Crippen LogP contribution is -2.56. The number of hydrogen-bond acceptors (Lipinski definition) is 7. The standard InChI is InChI=1S/C24H29ClO7/c1-29-24-21(27)20(12-26)32-23(22(24)28)15-4-7-19(25)16(11-15)10-14-2-5-17(6-3-14)31-18-8-9-30-13-18/h2-7,11,18,20-24,26-28H,8-10,12-13H2,1H3/t18-,20+,21+,22-,23-,24-/m0/s1. The van der Waals surface area contributed by atoms with Crippen LogP contribution >= 0.6 is 11.6 Å². The molecule has 2 aromatic carbocycles. The van der Waals surface area contributed by atoms with Gasteiger partial charge in [-0.15, -0.1) is 0 Å². The minimum atomic E-state index is -1.13. The van der Waals surface area contributed by atoms with Gasteiger partial charge in [0.05, 0.1) is 19.8 Å². The molecule has 0 spiro atoms. The molecule has 2 aliphatic heterocycles. The molecule has 0 saturated carbocycles. The highest BCUT2D eigenvalue weighted by molar-refractivity contribution is 6.31. The van der Waals surface area contributed by atoms with E-state index in [9.17, 15) is 15.3 Å². The summed E-state index contributed by atoms with van der Waals surface area (Å²) in [6.07, 6.45) is -3.12. The number of aliphatic hydroxyl groups is 3. The summed E-state index contributed by atoms with van der Waals surface area (Å²) >= 11 is 6.45. The summed E-state index contributed by atoms with van der Waals surface area (Å²) in [6, 6.07) is 13.3. The van der Waals surface area contributed by atoms with Crippen molar-refractivity contribution < 1.29 is 34.3 Å². The van der Waals surface area contributed by atoms with Gasteiger partial charge >= 0.3 is 0 Å². The summed E-state index contributed by atoms with van der Waals surface area (Å²) in [5.41, 5.74) is 2.63. The molecule has 0 unspecified atom stereocenters. The smallest absolute Gasteiger partial charge is 0.124 e. The number of rotatable bonds is 7. The summed E-state index contributed by atoms with van der Waals surface area (Å²) in [4.78, 5) is 0. The van der Waals surface area contributed by atoms with Crippen LogP contribution in [-0.4, -0.2) is 72.8 Å². The Hall–Kier alpha value is -1.71. The van der Waals surface area contributed by atoms with E-state index in [0.717, 1.165) is 29.9 Å². The Morgan fingerprint density at radius 3 is 2.53 bits per heavy atom. The Morgan fingerprint density at radius 1 is 1.09 bits per heavy atom. The Kier molecular flexibility index (Phi) is 7.68. The fourth-order valence-corrected chi connectivity index (χ4v) is 4.44. The van der Waals surface area contributed by atoms with E-state index in [1.54, 1.807) is 12.1 Å². The molecule has 2 aliphatic rings. The van der Waals surface area contributed by atoms with Gasteiger partial charge in [-0.2, -0.15) is 0 Å². The molecule has 2 aromatic rings. The van der Waals surface area contributed by atoms with Gasteiger partial charge in [0.25, 0.3) is 0 Å². The van der Waals surface area contributed by atoms with Crippen molar-refractivity contribution in [1.82, 2.24) is 0 Å². The van der Waals surface area contributed by atoms with E-state index < -0.39 is 30.5 Å². The summed E-state index contributed by atoms with van der Waals surface area (Å²) in [5, 5.41) is 31.1. The number of ether oxygens (including phenoxy) is 4. The molecule has 2 saturated heterocycles. The maximum Gasteiger partial charge on any atom is 0.124 e. The van der Waals surface area contributed by atoms with Gasteiger partial charge in [-0.05, 0) is 41.3 Å². The summed E-state index contributed by atoms with van der Waals surface area (Å²) in [5.74, 6) is 0.807. The zero-order valence-electron chi connectivity index (χ0n) is 17.9. The summed E-state index contributed by atoms with van der Waals surface area (Å²) < 4.78 is 22.3. The Balaban J connectivity index is 1.50. The molecular formula is C24H29ClO7. The molecular weight excluding hydrogens is 436 g/mol. The van der Waals surface area contributed by atoms with E-state index in [4.69, 9.17) is 30.5 Å². The van der Waals surface area contributed by atoms with E-state index in [-0.39, 0.29) is 12.7 Å². The third kappa shape index (κ3) is 5.10. The molecule has 32 heavy (non-hydrogen) atoms. The fraction of sp³-hybridized carbons (Fsp3) is 0.500. The molecule has 3 N–H and O–H groups in total. The predicted octanol–water partition coefficient (Wildman–Crippen LogP) is 2.27. The summed E-state index contributed by atoms with van der Waals surface area (Å²) in [7, 11) is 1.41. The molecule has 6 atom stereocenters. The maximum atomic E-state index is 10.7. The first-order valence-electron chi connectivity index (χ1n) is 10.8. The zero-order chi connectivity index (χ0) is 22.7.